The SMILES string of the molecule is CCn1cc(C2CC(C(C)C)CCC2CN)cn1. The van der Waals surface area contributed by atoms with Gasteiger partial charge in [-0.15, -0.1) is 0 Å². The van der Waals surface area contributed by atoms with Crippen LogP contribution in [0.1, 0.15) is 51.5 Å². The molecule has 0 bridgehead atoms. The predicted octanol–water partition coefficient (Wildman–Crippen LogP) is 3.02. The van der Waals surface area contributed by atoms with Gasteiger partial charge in [0, 0.05) is 12.7 Å². The first-order valence-electron chi connectivity index (χ1n) is 7.38. The lowest BCUT2D eigenvalue weighted by Crippen LogP contribution is -2.30. The van der Waals surface area contributed by atoms with E-state index in [-0.39, 0.29) is 0 Å². The predicted molar refractivity (Wildman–Crippen MR) is 75.4 cm³/mol. The molecule has 0 spiro atoms. The molecule has 2 rings (SSSR count). The van der Waals surface area contributed by atoms with Gasteiger partial charge in [-0.25, -0.2) is 0 Å². The minimum absolute atomic E-state index is 0.622. The summed E-state index contributed by atoms with van der Waals surface area (Å²) in [4.78, 5) is 0. The molecule has 1 saturated carbocycles. The third-order valence-electron chi connectivity index (χ3n) is 4.68. The van der Waals surface area contributed by atoms with Crippen molar-refractivity contribution in [2.24, 2.45) is 23.5 Å². The molecule has 1 aliphatic rings. The van der Waals surface area contributed by atoms with Crippen molar-refractivity contribution in [2.45, 2.75) is 52.5 Å². The molecule has 1 heterocycles. The summed E-state index contributed by atoms with van der Waals surface area (Å²) in [6.07, 6.45) is 8.18. The third kappa shape index (κ3) is 2.77. The van der Waals surface area contributed by atoms with Crippen molar-refractivity contribution in [1.82, 2.24) is 9.78 Å². The van der Waals surface area contributed by atoms with Gasteiger partial charge < -0.3 is 5.73 Å². The highest BCUT2D eigenvalue weighted by Gasteiger charge is 2.32. The minimum atomic E-state index is 0.622. The summed E-state index contributed by atoms with van der Waals surface area (Å²) >= 11 is 0. The van der Waals surface area contributed by atoms with E-state index in [0.29, 0.717) is 11.8 Å². The average Bonchev–Trinajstić information content (AvgIpc) is 2.86. The van der Waals surface area contributed by atoms with Gasteiger partial charge in [0.25, 0.3) is 0 Å². The van der Waals surface area contributed by atoms with Crippen LogP contribution in [0.4, 0.5) is 0 Å². The van der Waals surface area contributed by atoms with Crippen LogP contribution in [0.5, 0.6) is 0 Å². The summed E-state index contributed by atoms with van der Waals surface area (Å²) in [6, 6.07) is 0. The van der Waals surface area contributed by atoms with Crippen molar-refractivity contribution in [3.8, 4) is 0 Å². The Morgan fingerprint density at radius 1 is 1.44 bits per heavy atom. The van der Waals surface area contributed by atoms with Crippen LogP contribution in [0.25, 0.3) is 0 Å². The molecule has 3 heteroatoms. The van der Waals surface area contributed by atoms with Crippen LogP contribution in [-0.4, -0.2) is 16.3 Å². The molecular weight excluding hydrogens is 222 g/mol. The number of aromatic nitrogens is 2. The van der Waals surface area contributed by atoms with Crippen LogP contribution in [0.2, 0.25) is 0 Å². The molecule has 3 nitrogen and oxygen atoms in total. The lowest BCUT2D eigenvalue weighted by atomic mass is 9.69. The van der Waals surface area contributed by atoms with E-state index in [4.69, 9.17) is 5.73 Å². The second-order valence-corrected chi connectivity index (χ2v) is 6.05. The summed E-state index contributed by atoms with van der Waals surface area (Å²) in [5, 5.41) is 4.42. The quantitative estimate of drug-likeness (QED) is 0.891. The van der Waals surface area contributed by atoms with E-state index in [1.807, 2.05) is 4.68 Å². The van der Waals surface area contributed by atoms with Gasteiger partial charge in [-0.1, -0.05) is 13.8 Å². The fourth-order valence-corrected chi connectivity index (χ4v) is 3.31. The van der Waals surface area contributed by atoms with Crippen LogP contribution < -0.4 is 5.73 Å². The van der Waals surface area contributed by atoms with Crippen molar-refractivity contribution in [1.29, 1.82) is 0 Å². The van der Waals surface area contributed by atoms with E-state index in [1.165, 1.54) is 24.8 Å². The number of nitrogens with zero attached hydrogens (tertiary/aromatic N) is 2. The van der Waals surface area contributed by atoms with E-state index in [0.717, 1.165) is 24.9 Å². The molecule has 0 aliphatic heterocycles. The van der Waals surface area contributed by atoms with Crippen molar-refractivity contribution in [3.63, 3.8) is 0 Å². The summed E-state index contributed by atoms with van der Waals surface area (Å²) in [6.45, 7) is 8.59. The Hall–Kier alpha value is -0.830. The smallest absolute Gasteiger partial charge is 0.0524 e. The van der Waals surface area contributed by atoms with Crippen LogP contribution in [0.3, 0.4) is 0 Å². The van der Waals surface area contributed by atoms with Crippen molar-refractivity contribution >= 4 is 0 Å². The largest absolute Gasteiger partial charge is 0.330 e. The first kappa shape index (κ1) is 13.6. The Morgan fingerprint density at radius 2 is 2.22 bits per heavy atom. The second kappa shape index (κ2) is 5.87. The fourth-order valence-electron chi connectivity index (χ4n) is 3.31. The zero-order chi connectivity index (χ0) is 13.1. The molecule has 0 radical (unpaired) electrons. The monoisotopic (exact) mass is 249 g/mol. The summed E-state index contributed by atoms with van der Waals surface area (Å²) < 4.78 is 2.03. The number of hydrogen-bond donors (Lipinski definition) is 1. The Balaban J connectivity index is 2.15. The number of nitrogens with two attached hydrogens (primary N) is 1. The molecular formula is C15H27N3. The molecule has 102 valence electrons. The Bertz CT molecular complexity index is 370. The number of hydrogen-bond acceptors (Lipinski definition) is 2. The van der Waals surface area contributed by atoms with E-state index in [2.05, 4.69) is 38.3 Å². The topological polar surface area (TPSA) is 43.8 Å². The van der Waals surface area contributed by atoms with Crippen LogP contribution in [-0.2, 0) is 6.54 Å². The lowest BCUT2D eigenvalue weighted by molar-refractivity contribution is 0.197. The van der Waals surface area contributed by atoms with Gasteiger partial charge >= 0.3 is 0 Å². The molecule has 1 aromatic rings. The van der Waals surface area contributed by atoms with Crippen molar-refractivity contribution < 1.29 is 0 Å². The molecule has 1 fully saturated rings. The average molecular weight is 249 g/mol. The van der Waals surface area contributed by atoms with Crippen LogP contribution in [0.15, 0.2) is 12.4 Å². The molecule has 0 aromatic carbocycles. The van der Waals surface area contributed by atoms with Gasteiger partial charge in [0.2, 0.25) is 0 Å². The molecule has 2 N–H and O–H groups in total. The fraction of sp³-hybridized carbons (Fsp3) is 0.800. The van der Waals surface area contributed by atoms with Crippen LogP contribution in [0, 0.1) is 17.8 Å². The normalized spacial score (nSPS) is 28.8. The molecule has 0 saturated heterocycles. The third-order valence-corrected chi connectivity index (χ3v) is 4.68. The van der Waals surface area contributed by atoms with Crippen molar-refractivity contribution in [3.05, 3.63) is 18.0 Å². The zero-order valence-corrected chi connectivity index (χ0v) is 12.0. The Labute approximate surface area is 111 Å². The highest BCUT2D eigenvalue weighted by Crippen LogP contribution is 2.42. The Kier molecular flexibility index (Phi) is 4.44. The standard InChI is InChI=1S/C15H27N3/c1-4-18-10-14(9-17-18)15-7-12(11(2)3)5-6-13(15)8-16/h9-13,15H,4-8,16H2,1-3H3. The lowest BCUT2D eigenvalue weighted by Gasteiger charge is -2.37. The van der Waals surface area contributed by atoms with E-state index in [9.17, 15) is 0 Å². The molecule has 0 amide bonds. The zero-order valence-electron chi connectivity index (χ0n) is 12.0. The second-order valence-electron chi connectivity index (χ2n) is 6.05. The minimum Gasteiger partial charge on any atom is -0.330 e. The van der Waals surface area contributed by atoms with Gasteiger partial charge in [-0.05, 0) is 62.0 Å². The molecule has 1 aliphatic carbocycles. The van der Waals surface area contributed by atoms with Gasteiger partial charge in [0.05, 0.1) is 6.20 Å². The summed E-state index contributed by atoms with van der Waals surface area (Å²) in [5.41, 5.74) is 7.37. The van der Waals surface area contributed by atoms with Gasteiger partial charge in [-0.2, -0.15) is 5.10 Å². The van der Waals surface area contributed by atoms with Gasteiger partial charge in [-0.3, -0.25) is 4.68 Å². The molecule has 18 heavy (non-hydrogen) atoms. The number of aryl methyl sites for hydroxylation is 1. The maximum atomic E-state index is 5.96. The highest BCUT2D eigenvalue weighted by atomic mass is 15.3. The first-order valence-corrected chi connectivity index (χ1v) is 7.38. The van der Waals surface area contributed by atoms with E-state index in [1.54, 1.807) is 0 Å². The maximum Gasteiger partial charge on any atom is 0.0524 e. The number of rotatable bonds is 4. The van der Waals surface area contributed by atoms with Gasteiger partial charge in [0.1, 0.15) is 0 Å². The first-order chi connectivity index (χ1) is 8.65. The molecule has 3 unspecified atom stereocenters. The summed E-state index contributed by atoms with van der Waals surface area (Å²) in [7, 11) is 0. The highest BCUT2D eigenvalue weighted by molar-refractivity contribution is 5.14. The van der Waals surface area contributed by atoms with E-state index < -0.39 is 0 Å². The van der Waals surface area contributed by atoms with Crippen molar-refractivity contribution in [2.75, 3.05) is 6.54 Å². The van der Waals surface area contributed by atoms with E-state index >= 15 is 0 Å². The van der Waals surface area contributed by atoms with Crippen LogP contribution >= 0.6 is 0 Å². The molecule has 3 atom stereocenters. The maximum absolute atomic E-state index is 5.96. The molecule has 1 aromatic heterocycles. The summed E-state index contributed by atoms with van der Waals surface area (Å²) in [5.74, 6) is 2.90. The van der Waals surface area contributed by atoms with Gasteiger partial charge in [0.15, 0.2) is 0 Å². The Morgan fingerprint density at radius 3 is 2.78 bits per heavy atom.